The Morgan fingerprint density at radius 3 is 2.83 bits per heavy atom. The van der Waals surface area contributed by atoms with Crippen LogP contribution in [-0.2, 0) is 12.8 Å². The second kappa shape index (κ2) is 6.22. The zero-order valence-electron chi connectivity index (χ0n) is 13.5. The summed E-state index contributed by atoms with van der Waals surface area (Å²) < 4.78 is 1.89. The molecule has 24 heavy (non-hydrogen) atoms. The monoisotopic (exact) mass is 327 g/mol. The molecule has 0 bridgehead atoms. The average Bonchev–Trinajstić information content (AvgIpc) is 3.26. The van der Waals surface area contributed by atoms with Gasteiger partial charge in [-0.2, -0.15) is 5.10 Å². The number of hydrogen-bond donors (Lipinski definition) is 2. The molecule has 0 aromatic carbocycles. The van der Waals surface area contributed by atoms with E-state index in [-0.39, 0.29) is 23.1 Å². The summed E-state index contributed by atoms with van der Waals surface area (Å²) in [4.78, 5) is 31.5. The maximum absolute atomic E-state index is 12.5. The van der Waals surface area contributed by atoms with E-state index in [4.69, 9.17) is 0 Å². The molecular weight excluding hydrogens is 306 g/mol. The molecule has 2 heterocycles. The van der Waals surface area contributed by atoms with Gasteiger partial charge in [0.15, 0.2) is 0 Å². The highest BCUT2D eigenvalue weighted by Crippen LogP contribution is 2.27. The van der Waals surface area contributed by atoms with Gasteiger partial charge in [-0.15, -0.1) is 0 Å². The number of rotatable bonds is 3. The van der Waals surface area contributed by atoms with Gasteiger partial charge in [0, 0.05) is 11.7 Å². The third-order valence-electron chi connectivity index (χ3n) is 5.18. The zero-order chi connectivity index (χ0) is 16.5. The topological polar surface area (TPSA) is 92.7 Å². The van der Waals surface area contributed by atoms with E-state index >= 15 is 0 Å². The molecule has 2 aromatic heterocycles. The molecule has 7 heteroatoms. The van der Waals surface area contributed by atoms with Crippen molar-refractivity contribution < 1.29 is 4.79 Å². The van der Waals surface area contributed by atoms with E-state index in [2.05, 4.69) is 20.4 Å². The normalized spacial score (nSPS) is 23.0. The van der Waals surface area contributed by atoms with Crippen molar-refractivity contribution in [2.75, 3.05) is 0 Å². The van der Waals surface area contributed by atoms with Crippen molar-refractivity contribution in [3.63, 3.8) is 0 Å². The van der Waals surface area contributed by atoms with E-state index < -0.39 is 0 Å². The van der Waals surface area contributed by atoms with Crippen LogP contribution < -0.4 is 10.9 Å². The fraction of sp³-hybridized carbons (Fsp3) is 0.529. The van der Waals surface area contributed by atoms with Gasteiger partial charge < -0.3 is 10.3 Å². The lowest BCUT2D eigenvalue weighted by Gasteiger charge is -2.28. The Morgan fingerprint density at radius 2 is 2.08 bits per heavy atom. The van der Waals surface area contributed by atoms with E-state index in [9.17, 15) is 9.59 Å². The summed E-state index contributed by atoms with van der Waals surface area (Å²) in [5.74, 6) is -0.254. The van der Waals surface area contributed by atoms with Gasteiger partial charge in [-0.25, -0.2) is 9.67 Å². The second-order valence-electron chi connectivity index (χ2n) is 6.72. The number of fused-ring (bicyclic) bond motifs is 1. The van der Waals surface area contributed by atoms with Crippen LogP contribution in [0.25, 0.3) is 0 Å². The number of hydrogen-bond acceptors (Lipinski definition) is 4. The summed E-state index contributed by atoms with van der Waals surface area (Å²) in [5, 5.41) is 7.22. The Bertz CT molecular complexity index is 788. The first kappa shape index (κ1) is 15.1. The molecule has 0 atom stereocenters. The van der Waals surface area contributed by atoms with Gasteiger partial charge >= 0.3 is 0 Å². The van der Waals surface area contributed by atoms with Crippen molar-refractivity contribution in [1.82, 2.24) is 25.1 Å². The molecular formula is C17H21N5O2. The van der Waals surface area contributed by atoms with Crippen LogP contribution >= 0.6 is 0 Å². The molecule has 0 aliphatic heterocycles. The highest BCUT2D eigenvalue weighted by molar-refractivity contribution is 5.94. The largest absolute Gasteiger partial charge is 0.349 e. The number of carbonyl (C=O) groups is 1. The Balaban J connectivity index is 1.40. The Kier molecular flexibility index (Phi) is 3.92. The van der Waals surface area contributed by atoms with Crippen molar-refractivity contribution in [3.05, 3.63) is 45.9 Å². The number of amides is 1. The molecule has 0 radical (unpaired) electrons. The fourth-order valence-corrected chi connectivity index (χ4v) is 3.84. The van der Waals surface area contributed by atoms with Crippen LogP contribution in [0.5, 0.6) is 0 Å². The van der Waals surface area contributed by atoms with Gasteiger partial charge in [-0.1, -0.05) is 0 Å². The molecule has 1 saturated carbocycles. The molecule has 2 aromatic rings. The molecule has 2 N–H and O–H groups in total. The van der Waals surface area contributed by atoms with Crippen molar-refractivity contribution in [2.24, 2.45) is 0 Å². The summed E-state index contributed by atoms with van der Waals surface area (Å²) in [5.41, 5.74) is 2.07. The smallest absolute Gasteiger partial charge is 0.261 e. The lowest BCUT2D eigenvalue weighted by atomic mass is 9.91. The quantitative estimate of drug-likeness (QED) is 0.890. The average molecular weight is 327 g/mol. The number of aromatic amines is 1. The summed E-state index contributed by atoms with van der Waals surface area (Å²) in [6.45, 7) is 0. The predicted octanol–water partition coefficient (Wildman–Crippen LogP) is 1.37. The number of aromatic nitrogens is 4. The minimum atomic E-state index is -0.274. The van der Waals surface area contributed by atoms with E-state index in [1.54, 1.807) is 18.7 Å². The molecule has 0 unspecified atom stereocenters. The first-order valence-electron chi connectivity index (χ1n) is 8.61. The van der Waals surface area contributed by atoms with Gasteiger partial charge in [0.1, 0.15) is 18.2 Å². The number of nitrogens with one attached hydrogen (secondary N) is 2. The van der Waals surface area contributed by atoms with Crippen LogP contribution in [0.1, 0.15) is 59.8 Å². The highest BCUT2D eigenvalue weighted by Gasteiger charge is 2.25. The molecule has 0 spiro atoms. The van der Waals surface area contributed by atoms with Gasteiger partial charge in [-0.05, 0) is 56.6 Å². The first-order valence-corrected chi connectivity index (χ1v) is 8.61. The van der Waals surface area contributed by atoms with Crippen molar-refractivity contribution in [3.8, 4) is 0 Å². The van der Waals surface area contributed by atoms with Crippen LogP contribution in [0, 0.1) is 0 Å². The Hall–Kier alpha value is -2.44. The molecule has 7 nitrogen and oxygen atoms in total. The number of H-pyrrole nitrogens is 1. The van der Waals surface area contributed by atoms with E-state index in [1.165, 1.54) is 0 Å². The number of nitrogens with zero attached hydrogens (tertiary/aromatic N) is 3. The highest BCUT2D eigenvalue weighted by atomic mass is 16.2. The maximum Gasteiger partial charge on any atom is 0.261 e. The van der Waals surface area contributed by atoms with Gasteiger partial charge in [0.2, 0.25) is 0 Å². The minimum Gasteiger partial charge on any atom is -0.349 e. The van der Waals surface area contributed by atoms with Gasteiger partial charge in [-0.3, -0.25) is 9.59 Å². The van der Waals surface area contributed by atoms with Crippen LogP contribution in [0.15, 0.2) is 23.5 Å². The Morgan fingerprint density at radius 1 is 1.25 bits per heavy atom. The van der Waals surface area contributed by atoms with E-state index in [0.29, 0.717) is 6.04 Å². The van der Waals surface area contributed by atoms with Crippen molar-refractivity contribution in [1.29, 1.82) is 0 Å². The van der Waals surface area contributed by atoms with Crippen LogP contribution in [0.2, 0.25) is 0 Å². The van der Waals surface area contributed by atoms with E-state index in [1.807, 2.05) is 4.68 Å². The zero-order valence-corrected chi connectivity index (χ0v) is 13.5. The standard InChI is InChI=1S/C17H21N5O2/c23-16(14-8-11-2-1-3-15(11)21-17(14)24)20-12-4-6-13(7-5-12)22-10-18-9-19-22/h8-10,12-13H,1-7H2,(H,20,23)(H,21,24). The van der Waals surface area contributed by atoms with Crippen molar-refractivity contribution in [2.45, 2.75) is 57.0 Å². The van der Waals surface area contributed by atoms with Crippen LogP contribution in [0.4, 0.5) is 0 Å². The fourth-order valence-electron chi connectivity index (χ4n) is 3.84. The van der Waals surface area contributed by atoms with Crippen LogP contribution in [0.3, 0.4) is 0 Å². The lowest BCUT2D eigenvalue weighted by molar-refractivity contribution is 0.0920. The summed E-state index contributed by atoms with van der Waals surface area (Å²) >= 11 is 0. The predicted molar refractivity (Wildman–Crippen MR) is 87.9 cm³/mol. The third kappa shape index (κ3) is 2.86. The molecule has 2 aliphatic rings. The summed E-state index contributed by atoms with van der Waals surface area (Å²) in [6, 6.07) is 2.24. The first-order chi connectivity index (χ1) is 11.7. The molecule has 1 amide bonds. The number of carbonyl (C=O) groups excluding carboxylic acids is 1. The lowest BCUT2D eigenvalue weighted by Crippen LogP contribution is -2.40. The summed E-state index contributed by atoms with van der Waals surface area (Å²) in [7, 11) is 0. The SMILES string of the molecule is O=C(NC1CCC(n2cncn2)CC1)c1cc2c([nH]c1=O)CCC2. The Labute approximate surface area is 139 Å². The molecule has 2 aliphatic carbocycles. The molecule has 1 fully saturated rings. The van der Waals surface area contributed by atoms with Crippen molar-refractivity contribution >= 4 is 5.91 Å². The molecule has 0 saturated heterocycles. The minimum absolute atomic E-state index is 0.116. The number of aryl methyl sites for hydroxylation is 2. The van der Waals surface area contributed by atoms with Gasteiger partial charge in [0.05, 0.1) is 6.04 Å². The number of pyridine rings is 1. The van der Waals surface area contributed by atoms with Gasteiger partial charge in [0.25, 0.3) is 11.5 Å². The molecule has 4 rings (SSSR count). The third-order valence-corrected chi connectivity index (χ3v) is 5.18. The maximum atomic E-state index is 12.5. The van der Waals surface area contributed by atoms with E-state index in [0.717, 1.165) is 56.2 Å². The van der Waals surface area contributed by atoms with Crippen LogP contribution in [-0.4, -0.2) is 31.7 Å². The summed E-state index contributed by atoms with van der Waals surface area (Å²) in [6.07, 6.45) is 9.86. The molecule has 126 valence electrons. The second-order valence-corrected chi connectivity index (χ2v) is 6.72.